The van der Waals surface area contributed by atoms with Crippen LogP contribution in [0.25, 0.3) is 32.9 Å². The number of rotatable bonds is 2. The van der Waals surface area contributed by atoms with E-state index < -0.39 is 0 Å². The molecular formula is C20H17NO. The molecule has 0 amide bonds. The highest BCUT2D eigenvalue weighted by molar-refractivity contribution is 6.14. The first kappa shape index (κ1) is 13.0. The predicted molar refractivity (Wildman–Crippen MR) is 92.5 cm³/mol. The average molecular weight is 287 g/mol. The van der Waals surface area contributed by atoms with Crippen LogP contribution in [-0.2, 0) is 0 Å². The number of fused-ring (bicyclic) bond motifs is 3. The summed E-state index contributed by atoms with van der Waals surface area (Å²) in [5.74, 6) is 0.882. The van der Waals surface area contributed by atoms with E-state index in [4.69, 9.17) is 4.74 Å². The summed E-state index contributed by atoms with van der Waals surface area (Å²) in [6.07, 6.45) is 0. The monoisotopic (exact) mass is 287 g/mol. The normalized spacial score (nSPS) is 11.2. The van der Waals surface area contributed by atoms with Crippen molar-refractivity contribution >= 4 is 21.8 Å². The van der Waals surface area contributed by atoms with Gasteiger partial charge in [-0.3, -0.25) is 0 Å². The molecule has 0 unspecified atom stereocenters. The quantitative estimate of drug-likeness (QED) is 0.531. The van der Waals surface area contributed by atoms with Gasteiger partial charge in [-0.05, 0) is 47.9 Å². The van der Waals surface area contributed by atoms with E-state index in [-0.39, 0.29) is 0 Å². The lowest BCUT2D eigenvalue weighted by Crippen LogP contribution is -1.86. The molecule has 0 spiro atoms. The molecule has 0 atom stereocenters. The zero-order valence-corrected chi connectivity index (χ0v) is 12.7. The molecule has 0 aliphatic heterocycles. The van der Waals surface area contributed by atoms with E-state index in [1.807, 2.05) is 12.1 Å². The summed E-state index contributed by atoms with van der Waals surface area (Å²) in [6, 6.07) is 21.1. The van der Waals surface area contributed by atoms with Gasteiger partial charge in [-0.25, -0.2) is 0 Å². The number of aryl methyl sites for hydroxylation is 1. The van der Waals surface area contributed by atoms with Gasteiger partial charge in [0.2, 0.25) is 0 Å². The Labute approximate surface area is 129 Å². The van der Waals surface area contributed by atoms with Crippen molar-refractivity contribution in [3.63, 3.8) is 0 Å². The lowest BCUT2D eigenvalue weighted by molar-refractivity contribution is 0.415. The van der Waals surface area contributed by atoms with E-state index in [1.54, 1.807) is 7.11 Å². The van der Waals surface area contributed by atoms with Crippen LogP contribution in [0, 0.1) is 6.92 Å². The predicted octanol–water partition coefficient (Wildman–Crippen LogP) is 5.31. The van der Waals surface area contributed by atoms with Crippen molar-refractivity contribution in [1.29, 1.82) is 0 Å². The second kappa shape index (κ2) is 4.92. The second-order valence-electron chi connectivity index (χ2n) is 5.58. The Balaban J connectivity index is 2.08. The molecular weight excluding hydrogens is 270 g/mol. The summed E-state index contributed by atoms with van der Waals surface area (Å²) < 4.78 is 5.27. The van der Waals surface area contributed by atoms with Crippen molar-refractivity contribution in [3.8, 4) is 16.9 Å². The van der Waals surface area contributed by atoms with Crippen molar-refractivity contribution in [3.05, 3.63) is 66.2 Å². The van der Waals surface area contributed by atoms with Gasteiger partial charge in [0.1, 0.15) is 5.75 Å². The molecule has 1 N–H and O–H groups in total. The van der Waals surface area contributed by atoms with Gasteiger partial charge in [0.25, 0.3) is 0 Å². The third-order valence-corrected chi connectivity index (χ3v) is 4.26. The van der Waals surface area contributed by atoms with Crippen LogP contribution >= 0.6 is 0 Å². The van der Waals surface area contributed by atoms with E-state index >= 15 is 0 Å². The van der Waals surface area contributed by atoms with Gasteiger partial charge in [0, 0.05) is 21.8 Å². The highest BCUT2D eigenvalue weighted by Crippen LogP contribution is 2.37. The van der Waals surface area contributed by atoms with E-state index in [9.17, 15) is 0 Å². The number of aromatic nitrogens is 1. The average Bonchev–Trinajstić information content (AvgIpc) is 2.94. The SMILES string of the molecule is COc1ccc(-c2c(C)ccc3[nH]c4ccccc4c23)cc1. The van der Waals surface area contributed by atoms with Crippen molar-refractivity contribution in [1.82, 2.24) is 4.98 Å². The molecule has 0 fully saturated rings. The standard InChI is InChI=1S/C20H17NO/c1-13-7-12-18-20(16-5-3-4-6-17(16)21-18)19(13)14-8-10-15(22-2)11-9-14/h3-12,21H,1-2H3. The molecule has 1 aromatic heterocycles. The molecule has 3 aromatic carbocycles. The molecule has 108 valence electrons. The van der Waals surface area contributed by atoms with Gasteiger partial charge < -0.3 is 9.72 Å². The molecule has 0 saturated carbocycles. The van der Waals surface area contributed by atoms with Crippen LogP contribution < -0.4 is 4.74 Å². The smallest absolute Gasteiger partial charge is 0.118 e. The third-order valence-electron chi connectivity index (χ3n) is 4.26. The Morgan fingerprint density at radius 1 is 0.818 bits per heavy atom. The molecule has 2 nitrogen and oxygen atoms in total. The zero-order chi connectivity index (χ0) is 15.1. The lowest BCUT2D eigenvalue weighted by Gasteiger charge is -2.09. The Morgan fingerprint density at radius 2 is 1.59 bits per heavy atom. The maximum atomic E-state index is 5.27. The Kier molecular flexibility index (Phi) is 2.90. The molecule has 4 rings (SSSR count). The van der Waals surface area contributed by atoms with E-state index in [0.29, 0.717) is 0 Å². The Morgan fingerprint density at radius 3 is 2.36 bits per heavy atom. The number of benzene rings is 3. The number of hydrogen-bond acceptors (Lipinski definition) is 1. The molecule has 0 bridgehead atoms. The first-order valence-electron chi connectivity index (χ1n) is 7.42. The minimum absolute atomic E-state index is 0.882. The fourth-order valence-corrected chi connectivity index (χ4v) is 3.18. The first-order valence-corrected chi connectivity index (χ1v) is 7.42. The van der Waals surface area contributed by atoms with Crippen LogP contribution in [0.1, 0.15) is 5.56 Å². The molecule has 0 aliphatic rings. The molecule has 1 heterocycles. The summed E-state index contributed by atoms with van der Waals surface area (Å²) in [5, 5.41) is 2.56. The minimum Gasteiger partial charge on any atom is -0.497 e. The van der Waals surface area contributed by atoms with Crippen LogP contribution in [0.5, 0.6) is 5.75 Å². The maximum absolute atomic E-state index is 5.27. The van der Waals surface area contributed by atoms with Crippen LogP contribution in [0.4, 0.5) is 0 Å². The van der Waals surface area contributed by atoms with Crippen molar-refractivity contribution < 1.29 is 4.74 Å². The third kappa shape index (κ3) is 1.88. The van der Waals surface area contributed by atoms with Gasteiger partial charge >= 0.3 is 0 Å². The Hall–Kier alpha value is -2.74. The molecule has 0 radical (unpaired) electrons. The summed E-state index contributed by atoms with van der Waals surface area (Å²) >= 11 is 0. The summed E-state index contributed by atoms with van der Waals surface area (Å²) in [6.45, 7) is 2.17. The maximum Gasteiger partial charge on any atom is 0.118 e. The Bertz CT molecular complexity index is 964. The van der Waals surface area contributed by atoms with Crippen molar-refractivity contribution in [2.24, 2.45) is 0 Å². The summed E-state index contributed by atoms with van der Waals surface area (Å²) in [4.78, 5) is 3.51. The lowest BCUT2D eigenvalue weighted by atomic mass is 9.95. The van der Waals surface area contributed by atoms with Crippen LogP contribution in [0.15, 0.2) is 60.7 Å². The number of ether oxygens (including phenoxy) is 1. The number of nitrogens with one attached hydrogen (secondary N) is 1. The van der Waals surface area contributed by atoms with Gasteiger partial charge in [-0.1, -0.05) is 36.4 Å². The van der Waals surface area contributed by atoms with Crippen LogP contribution in [0.3, 0.4) is 0 Å². The number of para-hydroxylation sites is 1. The second-order valence-corrected chi connectivity index (χ2v) is 5.58. The van der Waals surface area contributed by atoms with Gasteiger partial charge in [-0.15, -0.1) is 0 Å². The van der Waals surface area contributed by atoms with Gasteiger partial charge in [0.15, 0.2) is 0 Å². The molecule has 4 aromatic rings. The van der Waals surface area contributed by atoms with Gasteiger partial charge in [-0.2, -0.15) is 0 Å². The number of methoxy groups -OCH3 is 1. The highest BCUT2D eigenvalue weighted by atomic mass is 16.5. The van der Waals surface area contributed by atoms with Gasteiger partial charge in [0.05, 0.1) is 7.11 Å². The van der Waals surface area contributed by atoms with Crippen LogP contribution in [0.2, 0.25) is 0 Å². The summed E-state index contributed by atoms with van der Waals surface area (Å²) in [7, 11) is 1.70. The fourth-order valence-electron chi connectivity index (χ4n) is 3.18. The highest BCUT2D eigenvalue weighted by Gasteiger charge is 2.12. The fraction of sp³-hybridized carbons (Fsp3) is 0.100. The van der Waals surface area contributed by atoms with E-state index in [1.165, 1.54) is 38.5 Å². The van der Waals surface area contributed by atoms with Crippen molar-refractivity contribution in [2.45, 2.75) is 6.92 Å². The summed E-state index contributed by atoms with van der Waals surface area (Å²) in [5.41, 5.74) is 6.14. The van der Waals surface area contributed by atoms with E-state index in [2.05, 4.69) is 60.4 Å². The zero-order valence-electron chi connectivity index (χ0n) is 12.7. The molecule has 0 saturated heterocycles. The number of H-pyrrole nitrogens is 1. The topological polar surface area (TPSA) is 25.0 Å². The largest absolute Gasteiger partial charge is 0.497 e. The first-order chi connectivity index (χ1) is 10.8. The van der Waals surface area contributed by atoms with Crippen LogP contribution in [-0.4, -0.2) is 12.1 Å². The molecule has 2 heteroatoms. The van der Waals surface area contributed by atoms with E-state index in [0.717, 1.165) is 5.75 Å². The molecule has 0 aliphatic carbocycles. The van der Waals surface area contributed by atoms with Crippen molar-refractivity contribution in [2.75, 3.05) is 7.11 Å². The minimum atomic E-state index is 0.882. The molecule has 22 heavy (non-hydrogen) atoms. The number of aromatic amines is 1. The number of hydrogen-bond donors (Lipinski definition) is 1.